The van der Waals surface area contributed by atoms with Crippen LogP contribution in [0, 0.1) is 5.92 Å². The van der Waals surface area contributed by atoms with Gasteiger partial charge in [-0.3, -0.25) is 9.59 Å². The summed E-state index contributed by atoms with van der Waals surface area (Å²) in [6, 6.07) is -0.296. The van der Waals surface area contributed by atoms with E-state index in [1.165, 1.54) is 4.90 Å². The van der Waals surface area contributed by atoms with Crippen LogP contribution in [0.1, 0.15) is 26.2 Å². The van der Waals surface area contributed by atoms with Crippen molar-refractivity contribution in [1.82, 2.24) is 15.5 Å². The number of nitrogens with zero attached hydrogens (tertiary/aromatic N) is 1. The second-order valence-electron chi connectivity index (χ2n) is 4.56. The van der Waals surface area contributed by atoms with Crippen molar-refractivity contribution in [3.8, 4) is 0 Å². The number of likely N-dealkylation sites (tertiary alicyclic amines) is 1. The molecule has 1 fully saturated rings. The predicted molar refractivity (Wildman–Crippen MR) is 68.6 cm³/mol. The SMILES string of the molecule is CCNC(=O)CCNC(=O)N1CCCC(C(=O)O)C1. The molecule has 19 heavy (non-hydrogen) atoms. The van der Waals surface area contributed by atoms with Crippen molar-refractivity contribution in [1.29, 1.82) is 0 Å². The molecular formula is C12H21N3O4. The van der Waals surface area contributed by atoms with Crippen molar-refractivity contribution in [3.05, 3.63) is 0 Å². The van der Waals surface area contributed by atoms with E-state index in [1.54, 1.807) is 0 Å². The van der Waals surface area contributed by atoms with Crippen LogP contribution in [-0.4, -0.2) is 54.1 Å². The summed E-state index contributed by atoms with van der Waals surface area (Å²) in [6.07, 6.45) is 1.54. The lowest BCUT2D eigenvalue weighted by Gasteiger charge is -2.30. The summed E-state index contributed by atoms with van der Waals surface area (Å²) in [4.78, 5) is 35.4. The minimum atomic E-state index is -0.861. The average molecular weight is 271 g/mol. The first kappa shape index (κ1) is 15.3. The third-order valence-corrected chi connectivity index (χ3v) is 3.06. The molecule has 3 N–H and O–H groups in total. The Morgan fingerprint density at radius 1 is 1.32 bits per heavy atom. The molecule has 0 aromatic carbocycles. The third-order valence-electron chi connectivity index (χ3n) is 3.06. The molecule has 0 spiro atoms. The van der Waals surface area contributed by atoms with E-state index in [4.69, 9.17) is 5.11 Å². The number of urea groups is 1. The lowest BCUT2D eigenvalue weighted by atomic mass is 9.99. The zero-order chi connectivity index (χ0) is 14.3. The molecule has 1 heterocycles. The van der Waals surface area contributed by atoms with Crippen molar-refractivity contribution in [3.63, 3.8) is 0 Å². The van der Waals surface area contributed by atoms with Gasteiger partial charge in [0.15, 0.2) is 0 Å². The maximum atomic E-state index is 11.8. The molecule has 0 radical (unpaired) electrons. The van der Waals surface area contributed by atoms with Crippen molar-refractivity contribution in [2.75, 3.05) is 26.2 Å². The lowest BCUT2D eigenvalue weighted by molar-refractivity contribution is -0.143. The number of carbonyl (C=O) groups is 3. The summed E-state index contributed by atoms with van der Waals surface area (Å²) < 4.78 is 0. The van der Waals surface area contributed by atoms with E-state index in [1.807, 2.05) is 6.92 Å². The molecule has 0 aromatic rings. The van der Waals surface area contributed by atoms with Gasteiger partial charge in [0.25, 0.3) is 0 Å². The van der Waals surface area contributed by atoms with E-state index in [-0.39, 0.29) is 31.4 Å². The zero-order valence-corrected chi connectivity index (χ0v) is 11.1. The van der Waals surface area contributed by atoms with Crippen LogP contribution in [0.5, 0.6) is 0 Å². The zero-order valence-electron chi connectivity index (χ0n) is 11.1. The first-order valence-electron chi connectivity index (χ1n) is 6.56. The molecule has 1 rings (SSSR count). The fourth-order valence-electron chi connectivity index (χ4n) is 2.04. The van der Waals surface area contributed by atoms with E-state index < -0.39 is 11.9 Å². The quantitative estimate of drug-likeness (QED) is 0.656. The van der Waals surface area contributed by atoms with E-state index in [2.05, 4.69) is 10.6 Å². The number of aliphatic carboxylic acids is 1. The molecule has 0 bridgehead atoms. The minimum absolute atomic E-state index is 0.107. The number of rotatable bonds is 5. The van der Waals surface area contributed by atoms with Gasteiger partial charge in [0.2, 0.25) is 5.91 Å². The minimum Gasteiger partial charge on any atom is -0.481 e. The van der Waals surface area contributed by atoms with Crippen LogP contribution in [0.15, 0.2) is 0 Å². The molecule has 1 saturated heterocycles. The molecule has 1 aliphatic heterocycles. The van der Waals surface area contributed by atoms with E-state index in [0.717, 1.165) is 0 Å². The van der Waals surface area contributed by atoms with Gasteiger partial charge in [0, 0.05) is 32.6 Å². The number of nitrogens with one attached hydrogen (secondary N) is 2. The molecule has 3 amide bonds. The second kappa shape index (κ2) is 7.60. The lowest BCUT2D eigenvalue weighted by Crippen LogP contribution is -2.47. The molecular weight excluding hydrogens is 250 g/mol. The van der Waals surface area contributed by atoms with Gasteiger partial charge >= 0.3 is 12.0 Å². The van der Waals surface area contributed by atoms with E-state index in [0.29, 0.717) is 25.9 Å². The summed E-state index contributed by atoms with van der Waals surface area (Å²) in [5.74, 6) is -1.45. The fourth-order valence-corrected chi connectivity index (χ4v) is 2.04. The maximum Gasteiger partial charge on any atom is 0.317 e. The number of amides is 3. The molecule has 0 aromatic heterocycles. The fraction of sp³-hybridized carbons (Fsp3) is 0.750. The number of hydrogen-bond donors (Lipinski definition) is 3. The smallest absolute Gasteiger partial charge is 0.317 e. The average Bonchev–Trinajstić information content (AvgIpc) is 2.39. The topological polar surface area (TPSA) is 98.7 Å². The molecule has 1 atom stereocenters. The van der Waals surface area contributed by atoms with Crippen molar-refractivity contribution in [2.45, 2.75) is 26.2 Å². The Morgan fingerprint density at radius 2 is 2.05 bits per heavy atom. The highest BCUT2D eigenvalue weighted by Gasteiger charge is 2.27. The van der Waals surface area contributed by atoms with Crippen molar-refractivity contribution < 1.29 is 19.5 Å². The highest BCUT2D eigenvalue weighted by molar-refractivity contribution is 5.79. The Labute approximate surface area is 112 Å². The van der Waals surface area contributed by atoms with Crippen molar-refractivity contribution in [2.24, 2.45) is 5.92 Å². The number of carboxylic acid groups (broad SMARTS) is 1. The second-order valence-corrected chi connectivity index (χ2v) is 4.56. The summed E-state index contributed by atoms with van der Waals surface area (Å²) in [6.45, 7) is 3.47. The van der Waals surface area contributed by atoms with Gasteiger partial charge in [-0.05, 0) is 19.8 Å². The Balaban J connectivity index is 2.29. The summed E-state index contributed by atoms with van der Waals surface area (Å²) in [7, 11) is 0. The highest BCUT2D eigenvalue weighted by Crippen LogP contribution is 2.16. The number of hydrogen-bond acceptors (Lipinski definition) is 3. The standard InChI is InChI=1S/C12H21N3O4/c1-2-13-10(16)5-6-14-12(19)15-7-3-4-9(8-15)11(17)18/h9H,2-8H2,1H3,(H,13,16)(H,14,19)(H,17,18). The summed E-state index contributed by atoms with van der Waals surface area (Å²) in [5, 5.41) is 14.2. The number of carboxylic acids is 1. The van der Waals surface area contributed by atoms with Crippen LogP contribution < -0.4 is 10.6 Å². The van der Waals surface area contributed by atoms with Crippen LogP contribution in [0.4, 0.5) is 4.79 Å². The summed E-state index contributed by atoms with van der Waals surface area (Å²) in [5.41, 5.74) is 0. The first-order valence-corrected chi connectivity index (χ1v) is 6.56. The van der Waals surface area contributed by atoms with E-state index in [9.17, 15) is 14.4 Å². The maximum absolute atomic E-state index is 11.8. The molecule has 108 valence electrons. The van der Waals surface area contributed by atoms with Gasteiger partial charge in [-0.15, -0.1) is 0 Å². The Kier molecular flexibility index (Phi) is 6.11. The normalized spacial score (nSPS) is 18.8. The van der Waals surface area contributed by atoms with Gasteiger partial charge < -0.3 is 20.6 Å². The number of piperidine rings is 1. The van der Waals surface area contributed by atoms with Crippen LogP contribution in [0.2, 0.25) is 0 Å². The molecule has 7 heteroatoms. The molecule has 0 aliphatic carbocycles. The summed E-state index contributed by atoms with van der Waals surface area (Å²) >= 11 is 0. The highest BCUT2D eigenvalue weighted by atomic mass is 16.4. The molecule has 7 nitrogen and oxygen atoms in total. The van der Waals surface area contributed by atoms with E-state index >= 15 is 0 Å². The van der Waals surface area contributed by atoms with Crippen molar-refractivity contribution >= 4 is 17.9 Å². The molecule has 1 aliphatic rings. The predicted octanol–water partition coefficient (Wildman–Crippen LogP) is 0.0188. The Hall–Kier alpha value is -1.79. The Bertz CT molecular complexity index is 346. The van der Waals surface area contributed by atoms with Crippen LogP contribution in [-0.2, 0) is 9.59 Å². The monoisotopic (exact) mass is 271 g/mol. The van der Waals surface area contributed by atoms with Crippen LogP contribution in [0.3, 0.4) is 0 Å². The van der Waals surface area contributed by atoms with Crippen LogP contribution in [0.25, 0.3) is 0 Å². The largest absolute Gasteiger partial charge is 0.481 e. The van der Waals surface area contributed by atoms with Gasteiger partial charge in [-0.25, -0.2) is 4.79 Å². The van der Waals surface area contributed by atoms with Gasteiger partial charge in [-0.2, -0.15) is 0 Å². The number of carbonyl (C=O) groups excluding carboxylic acids is 2. The third kappa shape index (κ3) is 5.15. The molecule has 0 saturated carbocycles. The molecule has 1 unspecified atom stereocenters. The Morgan fingerprint density at radius 3 is 2.68 bits per heavy atom. The van der Waals surface area contributed by atoms with Gasteiger partial charge in [0.1, 0.15) is 0 Å². The van der Waals surface area contributed by atoms with Crippen LogP contribution >= 0.6 is 0 Å². The van der Waals surface area contributed by atoms with Gasteiger partial charge in [0.05, 0.1) is 5.92 Å². The van der Waals surface area contributed by atoms with Gasteiger partial charge in [-0.1, -0.05) is 0 Å². The first-order chi connectivity index (χ1) is 9.04.